The summed E-state index contributed by atoms with van der Waals surface area (Å²) >= 11 is 7.46. The van der Waals surface area contributed by atoms with Gasteiger partial charge in [0.25, 0.3) is 0 Å². The Bertz CT molecular complexity index is 714. The van der Waals surface area contributed by atoms with Crippen molar-refractivity contribution in [2.24, 2.45) is 0 Å². The smallest absolute Gasteiger partial charge is 0.230 e. The van der Waals surface area contributed by atoms with Crippen LogP contribution in [0.4, 0.5) is 5.82 Å². The minimum atomic E-state index is -0.000681. The molecule has 0 aliphatic carbocycles. The fraction of sp³-hybridized carbons (Fsp3) is 0.450. The molecule has 0 aliphatic heterocycles. The highest BCUT2D eigenvalue weighted by molar-refractivity contribution is 7.99. The molecule has 0 fully saturated rings. The number of hydrogen-bond donors (Lipinski definition) is 1. The van der Waals surface area contributed by atoms with Crippen LogP contribution in [0.3, 0.4) is 0 Å². The van der Waals surface area contributed by atoms with Crippen LogP contribution in [0.5, 0.6) is 0 Å². The standard InChI is InChI=1S/C20H27ClN4OS/c1-3-4-5-9-12-22-19(26)15-27-20-23-17(21)13-18(24-20)25(2)14-16-10-7-6-8-11-16/h6-8,10-11,13H,3-5,9,12,14-15H2,1-2H3,(H,22,26). The van der Waals surface area contributed by atoms with Crippen molar-refractivity contribution in [1.29, 1.82) is 0 Å². The summed E-state index contributed by atoms with van der Waals surface area (Å²) in [5.41, 5.74) is 1.19. The van der Waals surface area contributed by atoms with Crippen LogP contribution in [-0.2, 0) is 11.3 Å². The largest absolute Gasteiger partial charge is 0.355 e. The van der Waals surface area contributed by atoms with Crippen LogP contribution in [0.2, 0.25) is 5.15 Å². The van der Waals surface area contributed by atoms with Crippen LogP contribution >= 0.6 is 23.4 Å². The molecule has 1 heterocycles. The summed E-state index contributed by atoms with van der Waals surface area (Å²) in [5, 5.41) is 3.83. The van der Waals surface area contributed by atoms with Crippen molar-refractivity contribution in [3.8, 4) is 0 Å². The second-order valence-corrected chi connectivity index (χ2v) is 7.70. The van der Waals surface area contributed by atoms with Gasteiger partial charge in [0.1, 0.15) is 11.0 Å². The number of nitrogens with one attached hydrogen (secondary N) is 1. The van der Waals surface area contributed by atoms with Crippen molar-refractivity contribution < 1.29 is 4.79 Å². The lowest BCUT2D eigenvalue weighted by Crippen LogP contribution is -2.26. The molecule has 0 radical (unpaired) electrons. The molecule has 7 heteroatoms. The van der Waals surface area contributed by atoms with E-state index in [1.807, 2.05) is 30.1 Å². The van der Waals surface area contributed by atoms with Crippen molar-refractivity contribution in [3.05, 3.63) is 47.1 Å². The van der Waals surface area contributed by atoms with E-state index in [2.05, 4.69) is 34.3 Å². The van der Waals surface area contributed by atoms with Crippen LogP contribution in [-0.4, -0.2) is 35.2 Å². The molecule has 1 amide bonds. The molecule has 0 saturated carbocycles. The molecule has 5 nitrogen and oxygen atoms in total. The highest BCUT2D eigenvalue weighted by Crippen LogP contribution is 2.22. The zero-order chi connectivity index (χ0) is 19.5. The van der Waals surface area contributed by atoms with Gasteiger partial charge < -0.3 is 10.2 Å². The Morgan fingerprint density at radius 3 is 2.70 bits per heavy atom. The number of rotatable bonds is 11. The minimum Gasteiger partial charge on any atom is -0.355 e. The maximum Gasteiger partial charge on any atom is 0.230 e. The Hall–Kier alpha value is -1.79. The van der Waals surface area contributed by atoms with Crippen molar-refractivity contribution in [1.82, 2.24) is 15.3 Å². The van der Waals surface area contributed by atoms with Gasteiger partial charge in [0.05, 0.1) is 5.75 Å². The van der Waals surface area contributed by atoms with E-state index in [-0.39, 0.29) is 11.7 Å². The molecule has 0 unspecified atom stereocenters. The zero-order valence-electron chi connectivity index (χ0n) is 15.9. The number of anilines is 1. The Balaban J connectivity index is 1.86. The Morgan fingerprint density at radius 2 is 1.96 bits per heavy atom. The van der Waals surface area contributed by atoms with Crippen molar-refractivity contribution in [2.45, 2.75) is 44.3 Å². The maximum atomic E-state index is 12.0. The summed E-state index contributed by atoms with van der Waals surface area (Å²) in [5.74, 6) is 1.02. The third kappa shape index (κ3) is 8.18. The SMILES string of the molecule is CCCCCCNC(=O)CSc1nc(Cl)cc(N(C)Cc2ccccc2)n1. The molecule has 1 N–H and O–H groups in total. The van der Waals surface area contributed by atoms with E-state index in [0.717, 1.165) is 31.7 Å². The van der Waals surface area contributed by atoms with E-state index in [1.165, 1.54) is 30.2 Å². The molecule has 0 spiro atoms. The van der Waals surface area contributed by atoms with E-state index >= 15 is 0 Å². The number of hydrogen-bond acceptors (Lipinski definition) is 5. The number of thioether (sulfide) groups is 1. The number of carbonyl (C=O) groups is 1. The molecule has 0 atom stereocenters. The number of benzene rings is 1. The van der Waals surface area contributed by atoms with E-state index in [4.69, 9.17) is 11.6 Å². The fourth-order valence-corrected chi connectivity index (χ4v) is 3.46. The number of amides is 1. The summed E-state index contributed by atoms with van der Waals surface area (Å²) < 4.78 is 0. The van der Waals surface area contributed by atoms with Gasteiger partial charge in [-0.05, 0) is 12.0 Å². The summed E-state index contributed by atoms with van der Waals surface area (Å²) in [4.78, 5) is 22.7. The number of halogens is 1. The number of nitrogens with zero attached hydrogens (tertiary/aromatic N) is 3. The molecule has 0 bridgehead atoms. The van der Waals surface area contributed by atoms with Gasteiger partial charge in [0, 0.05) is 26.2 Å². The van der Waals surface area contributed by atoms with Crippen molar-refractivity contribution >= 4 is 35.1 Å². The normalized spacial score (nSPS) is 10.6. The van der Waals surface area contributed by atoms with Gasteiger partial charge in [-0.1, -0.05) is 79.9 Å². The first-order valence-electron chi connectivity index (χ1n) is 9.27. The average Bonchev–Trinajstić information content (AvgIpc) is 2.66. The first kappa shape index (κ1) is 21.5. The van der Waals surface area contributed by atoms with Gasteiger partial charge in [-0.2, -0.15) is 0 Å². The third-order valence-electron chi connectivity index (χ3n) is 4.00. The molecule has 27 heavy (non-hydrogen) atoms. The molecule has 2 rings (SSSR count). The predicted molar refractivity (Wildman–Crippen MR) is 113 cm³/mol. The zero-order valence-corrected chi connectivity index (χ0v) is 17.5. The summed E-state index contributed by atoms with van der Waals surface area (Å²) in [7, 11) is 1.96. The van der Waals surface area contributed by atoms with Crippen molar-refractivity contribution in [2.75, 3.05) is 24.2 Å². The highest BCUT2D eigenvalue weighted by atomic mass is 35.5. The van der Waals surface area contributed by atoms with E-state index in [0.29, 0.717) is 10.3 Å². The van der Waals surface area contributed by atoms with Gasteiger partial charge in [-0.25, -0.2) is 9.97 Å². The lowest BCUT2D eigenvalue weighted by molar-refractivity contribution is -0.118. The highest BCUT2D eigenvalue weighted by Gasteiger charge is 2.10. The Kier molecular flexibility index (Phi) is 9.42. The van der Waals surface area contributed by atoms with E-state index in [9.17, 15) is 4.79 Å². The molecular formula is C20H27ClN4OS. The summed E-state index contributed by atoms with van der Waals surface area (Å²) in [6, 6.07) is 11.9. The molecule has 1 aromatic heterocycles. The number of unbranched alkanes of at least 4 members (excludes halogenated alkanes) is 3. The quantitative estimate of drug-likeness (QED) is 0.256. The topological polar surface area (TPSA) is 58.1 Å². The monoisotopic (exact) mass is 406 g/mol. The Labute approximate surface area is 170 Å². The summed E-state index contributed by atoms with van der Waals surface area (Å²) in [6.07, 6.45) is 4.57. The second-order valence-electron chi connectivity index (χ2n) is 6.37. The predicted octanol–water partition coefficient (Wildman–Crippen LogP) is 4.56. The molecule has 146 valence electrons. The molecule has 2 aromatic rings. The molecule has 1 aromatic carbocycles. The van der Waals surface area contributed by atoms with E-state index < -0.39 is 0 Å². The Morgan fingerprint density at radius 1 is 1.19 bits per heavy atom. The third-order valence-corrected chi connectivity index (χ3v) is 5.04. The molecule has 0 saturated heterocycles. The molecular weight excluding hydrogens is 380 g/mol. The van der Waals surface area contributed by atoms with Gasteiger partial charge in [-0.15, -0.1) is 0 Å². The second kappa shape index (κ2) is 11.8. The lowest BCUT2D eigenvalue weighted by atomic mass is 10.2. The number of aromatic nitrogens is 2. The van der Waals surface area contributed by atoms with Crippen LogP contribution in [0, 0.1) is 0 Å². The maximum absolute atomic E-state index is 12.0. The molecule has 0 aliphatic rings. The number of carbonyl (C=O) groups excluding carboxylic acids is 1. The minimum absolute atomic E-state index is 0.000681. The summed E-state index contributed by atoms with van der Waals surface area (Å²) in [6.45, 7) is 3.61. The van der Waals surface area contributed by atoms with Gasteiger partial charge in [0.15, 0.2) is 5.16 Å². The lowest BCUT2D eigenvalue weighted by Gasteiger charge is -2.19. The first-order chi connectivity index (χ1) is 13.1. The van der Waals surface area contributed by atoms with E-state index in [1.54, 1.807) is 6.07 Å². The fourth-order valence-electron chi connectivity index (χ4n) is 2.54. The van der Waals surface area contributed by atoms with Crippen molar-refractivity contribution in [3.63, 3.8) is 0 Å². The van der Waals surface area contributed by atoms with Crippen LogP contribution < -0.4 is 10.2 Å². The van der Waals surface area contributed by atoms with Gasteiger partial charge in [-0.3, -0.25) is 4.79 Å². The van der Waals surface area contributed by atoms with Crippen LogP contribution in [0.15, 0.2) is 41.6 Å². The van der Waals surface area contributed by atoms with Gasteiger partial charge in [0.2, 0.25) is 5.91 Å². The first-order valence-corrected chi connectivity index (χ1v) is 10.6. The van der Waals surface area contributed by atoms with Crippen LogP contribution in [0.25, 0.3) is 0 Å². The van der Waals surface area contributed by atoms with Crippen LogP contribution in [0.1, 0.15) is 38.2 Å². The van der Waals surface area contributed by atoms with Gasteiger partial charge >= 0.3 is 0 Å². The average molecular weight is 407 g/mol.